The lowest BCUT2D eigenvalue weighted by Crippen LogP contribution is -2.15. The Kier molecular flexibility index (Phi) is 5.20. The smallest absolute Gasteiger partial charge is 0.225 e. The maximum atomic E-state index is 11.9. The molecular formula is C14H18N4OS. The third-order valence-electron chi connectivity index (χ3n) is 2.68. The second-order valence-corrected chi connectivity index (χ2v) is 5.53. The number of aromatic nitrogens is 2. The number of hydrogen-bond acceptors (Lipinski definition) is 5. The highest BCUT2D eigenvalue weighted by Crippen LogP contribution is 2.10. The zero-order valence-corrected chi connectivity index (χ0v) is 12.5. The molecular weight excluding hydrogens is 272 g/mol. The fourth-order valence-corrected chi connectivity index (χ4v) is 2.41. The monoisotopic (exact) mass is 290 g/mol. The number of nitrogens with zero attached hydrogens (tertiary/aromatic N) is 3. The highest BCUT2D eigenvalue weighted by molar-refractivity contribution is 7.07. The van der Waals surface area contributed by atoms with Gasteiger partial charge in [-0.3, -0.25) is 4.79 Å². The number of thiazole rings is 1. The summed E-state index contributed by atoms with van der Waals surface area (Å²) in [6.07, 6.45) is 2.80. The first-order valence-electron chi connectivity index (χ1n) is 6.40. The van der Waals surface area contributed by atoms with E-state index in [0.717, 1.165) is 17.8 Å². The normalized spacial score (nSPS) is 10.8. The van der Waals surface area contributed by atoms with Crippen LogP contribution in [0.3, 0.4) is 0 Å². The largest absolute Gasteiger partial charge is 0.311 e. The molecule has 2 rings (SSSR count). The number of nitrogens with one attached hydrogen (secondary N) is 1. The van der Waals surface area contributed by atoms with Gasteiger partial charge in [0.1, 0.15) is 5.82 Å². The van der Waals surface area contributed by atoms with Crippen LogP contribution >= 0.6 is 11.3 Å². The van der Waals surface area contributed by atoms with E-state index < -0.39 is 0 Å². The van der Waals surface area contributed by atoms with Crippen molar-refractivity contribution in [2.75, 3.05) is 19.4 Å². The van der Waals surface area contributed by atoms with E-state index in [-0.39, 0.29) is 5.91 Å². The minimum absolute atomic E-state index is 0.0347. The molecule has 20 heavy (non-hydrogen) atoms. The van der Waals surface area contributed by atoms with E-state index >= 15 is 0 Å². The van der Waals surface area contributed by atoms with Crippen LogP contribution in [0.15, 0.2) is 29.2 Å². The molecule has 0 aromatic carbocycles. The molecule has 5 nitrogen and oxygen atoms in total. The molecule has 106 valence electrons. The summed E-state index contributed by atoms with van der Waals surface area (Å²) in [6.45, 7) is 0.824. The van der Waals surface area contributed by atoms with Crippen LogP contribution in [0.2, 0.25) is 0 Å². The highest BCUT2D eigenvalue weighted by Gasteiger charge is 2.06. The molecule has 2 heterocycles. The van der Waals surface area contributed by atoms with Crippen molar-refractivity contribution in [2.24, 2.45) is 0 Å². The topological polar surface area (TPSA) is 58.1 Å². The molecule has 2 aromatic heterocycles. The second-order valence-electron chi connectivity index (χ2n) is 4.82. The Balaban J connectivity index is 1.87. The van der Waals surface area contributed by atoms with Gasteiger partial charge >= 0.3 is 0 Å². The van der Waals surface area contributed by atoms with Gasteiger partial charge in [0.15, 0.2) is 0 Å². The van der Waals surface area contributed by atoms with Gasteiger partial charge in [-0.05, 0) is 38.2 Å². The number of hydrogen-bond donors (Lipinski definition) is 1. The summed E-state index contributed by atoms with van der Waals surface area (Å²) in [7, 11) is 4.01. The Morgan fingerprint density at radius 1 is 1.40 bits per heavy atom. The standard InChI is InChI=1S/C14H18N4OS/c1-18(2)8-11-5-6-15-13(7-11)17-14(19)4-3-12-9-20-10-16-12/h5-7,9-10H,3-4,8H2,1-2H3,(H,15,17,19). The van der Waals surface area contributed by atoms with Crippen LogP contribution in [-0.4, -0.2) is 34.9 Å². The number of aryl methyl sites for hydroxylation is 1. The first kappa shape index (κ1) is 14.6. The van der Waals surface area contributed by atoms with Gasteiger partial charge in [0.05, 0.1) is 11.2 Å². The average Bonchev–Trinajstić information content (AvgIpc) is 2.89. The van der Waals surface area contributed by atoms with Gasteiger partial charge in [-0.15, -0.1) is 11.3 Å². The predicted octanol–water partition coefficient (Wildman–Crippen LogP) is 2.17. The molecule has 0 aliphatic carbocycles. The van der Waals surface area contributed by atoms with E-state index in [1.54, 1.807) is 23.0 Å². The minimum Gasteiger partial charge on any atom is -0.311 e. The number of rotatable bonds is 6. The van der Waals surface area contributed by atoms with Gasteiger partial charge in [0.25, 0.3) is 0 Å². The summed E-state index contributed by atoms with van der Waals surface area (Å²) in [6, 6.07) is 3.85. The van der Waals surface area contributed by atoms with Crippen LogP contribution in [0.25, 0.3) is 0 Å². The average molecular weight is 290 g/mol. The SMILES string of the molecule is CN(C)Cc1ccnc(NC(=O)CCc2cscn2)c1. The molecule has 0 aliphatic rings. The van der Waals surface area contributed by atoms with Crippen molar-refractivity contribution >= 4 is 23.1 Å². The quantitative estimate of drug-likeness (QED) is 0.886. The molecule has 1 amide bonds. The minimum atomic E-state index is -0.0347. The summed E-state index contributed by atoms with van der Waals surface area (Å²) in [5.74, 6) is 0.570. The van der Waals surface area contributed by atoms with Crippen molar-refractivity contribution in [3.8, 4) is 0 Å². The van der Waals surface area contributed by atoms with E-state index in [1.807, 2.05) is 31.6 Å². The molecule has 0 aliphatic heterocycles. The van der Waals surface area contributed by atoms with E-state index in [1.165, 1.54) is 0 Å². The molecule has 1 N–H and O–H groups in total. The van der Waals surface area contributed by atoms with Gasteiger partial charge in [-0.1, -0.05) is 0 Å². The molecule has 0 saturated carbocycles. The Bertz CT molecular complexity index is 554. The van der Waals surface area contributed by atoms with Crippen LogP contribution in [0, 0.1) is 0 Å². The molecule has 0 bridgehead atoms. The number of carbonyl (C=O) groups is 1. The maximum absolute atomic E-state index is 11.9. The lowest BCUT2D eigenvalue weighted by molar-refractivity contribution is -0.116. The van der Waals surface area contributed by atoms with Gasteiger partial charge in [-0.25, -0.2) is 9.97 Å². The molecule has 0 unspecified atom stereocenters. The number of pyridine rings is 1. The Labute approximate surface area is 122 Å². The third kappa shape index (κ3) is 4.71. The lowest BCUT2D eigenvalue weighted by Gasteiger charge is -2.10. The van der Waals surface area contributed by atoms with Crippen molar-refractivity contribution < 1.29 is 4.79 Å². The Morgan fingerprint density at radius 3 is 2.95 bits per heavy atom. The Morgan fingerprint density at radius 2 is 2.25 bits per heavy atom. The molecule has 0 saturated heterocycles. The van der Waals surface area contributed by atoms with E-state index in [2.05, 4.69) is 20.2 Å². The summed E-state index contributed by atoms with van der Waals surface area (Å²) >= 11 is 1.54. The summed E-state index contributed by atoms with van der Waals surface area (Å²) in [5, 5.41) is 4.79. The van der Waals surface area contributed by atoms with E-state index in [0.29, 0.717) is 18.7 Å². The van der Waals surface area contributed by atoms with Gasteiger partial charge in [-0.2, -0.15) is 0 Å². The predicted molar refractivity (Wildman–Crippen MR) is 80.7 cm³/mol. The first-order valence-corrected chi connectivity index (χ1v) is 7.34. The molecule has 0 atom stereocenters. The van der Waals surface area contributed by atoms with Crippen LogP contribution in [0.1, 0.15) is 17.7 Å². The summed E-state index contributed by atoms with van der Waals surface area (Å²) < 4.78 is 0. The first-order chi connectivity index (χ1) is 9.63. The van der Waals surface area contributed by atoms with Crippen LogP contribution in [0.4, 0.5) is 5.82 Å². The van der Waals surface area contributed by atoms with Gasteiger partial charge in [0, 0.05) is 24.5 Å². The summed E-state index contributed by atoms with van der Waals surface area (Å²) in [4.78, 5) is 22.3. The second kappa shape index (κ2) is 7.12. The van der Waals surface area contributed by atoms with Crippen molar-refractivity contribution in [1.29, 1.82) is 0 Å². The van der Waals surface area contributed by atoms with Crippen molar-refractivity contribution in [3.05, 3.63) is 40.5 Å². The zero-order chi connectivity index (χ0) is 14.4. The van der Waals surface area contributed by atoms with Gasteiger partial charge in [0.2, 0.25) is 5.91 Å². The Hall–Kier alpha value is -1.79. The highest BCUT2D eigenvalue weighted by atomic mass is 32.1. The number of amides is 1. The van der Waals surface area contributed by atoms with Crippen molar-refractivity contribution in [1.82, 2.24) is 14.9 Å². The van der Waals surface area contributed by atoms with E-state index in [4.69, 9.17) is 0 Å². The maximum Gasteiger partial charge on any atom is 0.225 e. The van der Waals surface area contributed by atoms with Crippen molar-refractivity contribution in [2.45, 2.75) is 19.4 Å². The summed E-state index contributed by atoms with van der Waals surface area (Å²) in [5.41, 5.74) is 3.86. The van der Waals surface area contributed by atoms with E-state index in [9.17, 15) is 4.79 Å². The molecule has 0 fully saturated rings. The van der Waals surface area contributed by atoms with Crippen LogP contribution < -0.4 is 5.32 Å². The lowest BCUT2D eigenvalue weighted by atomic mass is 10.2. The molecule has 6 heteroatoms. The van der Waals surface area contributed by atoms with Gasteiger partial charge < -0.3 is 10.2 Å². The molecule has 0 radical (unpaired) electrons. The van der Waals surface area contributed by atoms with Crippen LogP contribution in [0.5, 0.6) is 0 Å². The molecule has 0 spiro atoms. The molecule has 2 aromatic rings. The van der Waals surface area contributed by atoms with Crippen LogP contribution in [-0.2, 0) is 17.8 Å². The fourth-order valence-electron chi connectivity index (χ4n) is 1.81. The fraction of sp³-hybridized carbons (Fsp3) is 0.357. The number of carbonyl (C=O) groups excluding carboxylic acids is 1. The number of anilines is 1. The zero-order valence-electron chi connectivity index (χ0n) is 11.7. The van der Waals surface area contributed by atoms with Crippen molar-refractivity contribution in [3.63, 3.8) is 0 Å². The third-order valence-corrected chi connectivity index (χ3v) is 3.32.